The molecule has 112 valence electrons. The molecule has 21 heavy (non-hydrogen) atoms. The van der Waals surface area contributed by atoms with Crippen LogP contribution in [-0.4, -0.2) is 13.7 Å². The predicted molar refractivity (Wildman–Crippen MR) is 85.2 cm³/mol. The van der Waals surface area contributed by atoms with Gasteiger partial charge in [0.05, 0.1) is 7.11 Å². The lowest BCUT2D eigenvalue weighted by atomic mass is 9.98. The monoisotopic (exact) mass is 287 g/mol. The summed E-state index contributed by atoms with van der Waals surface area (Å²) in [4.78, 5) is 0. The molecule has 0 atom stereocenters. The number of benzene rings is 2. The molecule has 2 aromatic rings. The zero-order chi connectivity index (χ0) is 15.4. The molecule has 0 unspecified atom stereocenters. The minimum absolute atomic E-state index is 0.165. The summed E-state index contributed by atoms with van der Waals surface area (Å²) >= 11 is 0. The van der Waals surface area contributed by atoms with Crippen molar-refractivity contribution in [2.75, 3.05) is 13.7 Å². The van der Waals surface area contributed by atoms with Crippen LogP contribution in [0.5, 0.6) is 5.75 Å². The maximum absolute atomic E-state index is 13.8. The molecular formula is C18H22FNO. The zero-order valence-corrected chi connectivity index (χ0v) is 13.1. The molecular weight excluding hydrogens is 265 g/mol. The highest BCUT2D eigenvalue weighted by Gasteiger charge is 2.09. The third-order valence-electron chi connectivity index (χ3n) is 3.61. The molecule has 0 amide bonds. The van der Waals surface area contributed by atoms with Gasteiger partial charge in [-0.2, -0.15) is 0 Å². The van der Waals surface area contributed by atoms with Crippen LogP contribution in [-0.2, 0) is 6.54 Å². The van der Waals surface area contributed by atoms with Gasteiger partial charge in [-0.1, -0.05) is 13.0 Å². The minimum atomic E-state index is -0.165. The van der Waals surface area contributed by atoms with Gasteiger partial charge in [0.15, 0.2) is 0 Å². The highest BCUT2D eigenvalue weighted by atomic mass is 19.1. The Labute approximate surface area is 126 Å². The quantitative estimate of drug-likeness (QED) is 0.888. The van der Waals surface area contributed by atoms with E-state index in [1.54, 1.807) is 7.11 Å². The van der Waals surface area contributed by atoms with E-state index < -0.39 is 0 Å². The van der Waals surface area contributed by atoms with Crippen LogP contribution in [0.1, 0.15) is 23.6 Å². The first-order valence-electron chi connectivity index (χ1n) is 7.21. The fraction of sp³-hybridized carbons (Fsp3) is 0.333. The zero-order valence-electron chi connectivity index (χ0n) is 13.1. The van der Waals surface area contributed by atoms with E-state index in [1.807, 2.05) is 32.9 Å². The average molecular weight is 287 g/mol. The molecule has 0 aliphatic carbocycles. The van der Waals surface area contributed by atoms with E-state index in [2.05, 4.69) is 17.4 Å². The van der Waals surface area contributed by atoms with Crippen molar-refractivity contribution in [3.05, 3.63) is 52.8 Å². The summed E-state index contributed by atoms with van der Waals surface area (Å²) in [5, 5.41) is 3.17. The lowest BCUT2D eigenvalue weighted by Gasteiger charge is -2.13. The number of ether oxygens (including phenoxy) is 1. The molecule has 0 fully saturated rings. The van der Waals surface area contributed by atoms with Crippen molar-refractivity contribution in [2.24, 2.45) is 0 Å². The van der Waals surface area contributed by atoms with E-state index >= 15 is 0 Å². The number of hydrogen-bond acceptors (Lipinski definition) is 2. The normalized spacial score (nSPS) is 10.7. The van der Waals surface area contributed by atoms with Crippen LogP contribution >= 0.6 is 0 Å². The lowest BCUT2D eigenvalue weighted by molar-refractivity contribution is 0.408. The lowest BCUT2D eigenvalue weighted by Crippen LogP contribution is -2.12. The molecule has 0 radical (unpaired) electrons. The van der Waals surface area contributed by atoms with Crippen molar-refractivity contribution in [1.82, 2.24) is 5.32 Å². The van der Waals surface area contributed by atoms with Gasteiger partial charge < -0.3 is 10.1 Å². The number of halogens is 1. The Morgan fingerprint density at radius 3 is 2.29 bits per heavy atom. The van der Waals surface area contributed by atoms with Gasteiger partial charge in [-0.3, -0.25) is 0 Å². The molecule has 0 bridgehead atoms. The molecule has 0 aliphatic heterocycles. The van der Waals surface area contributed by atoms with E-state index in [-0.39, 0.29) is 5.82 Å². The van der Waals surface area contributed by atoms with E-state index in [9.17, 15) is 4.39 Å². The second-order valence-corrected chi connectivity index (χ2v) is 5.23. The topological polar surface area (TPSA) is 21.3 Å². The van der Waals surface area contributed by atoms with Crippen molar-refractivity contribution in [2.45, 2.75) is 27.3 Å². The predicted octanol–water partition coefficient (Wildman–Crippen LogP) is 4.23. The first-order chi connectivity index (χ1) is 10.1. The van der Waals surface area contributed by atoms with E-state index in [0.717, 1.165) is 34.5 Å². The van der Waals surface area contributed by atoms with Crippen LogP contribution in [0.25, 0.3) is 11.1 Å². The number of hydrogen-bond donors (Lipinski definition) is 1. The summed E-state index contributed by atoms with van der Waals surface area (Å²) in [5.41, 5.74) is 4.98. The van der Waals surface area contributed by atoms with Crippen molar-refractivity contribution >= 4 is 0 Å². The Balaban J connectivity index is 2.42. The van der Waals surface area contributed by atoms with Crippen LogP contribution in [0.2, 0.25) is 0 Å². The molecule has 3 heteroatoms. The summed E-state index contributed by atoms with van der Waals surface area (Å²) in [6.45, 7) is 7.43. The first kappa shape index (κ1) is 15.5. The Bertz CT molecular complexity index is 614. The maximum atomic E-state index is 13.8. The van der Waals surface area contributed by atoms with Crippen molar-refractivity contribution in [3.63, 3.8) is 0 Å². The van der Waals surface area contributed by atoms with Crippen LogP contribution < -0.4 is 10.1 Å². The molecule has 2 aromatic carbocycles. The molecule has 1 N–H and O–H groups in total. The SMILES string of the molecule is CCNCc1cc(-c2cc(C)c(OC)c(C)c2)ccc1F. The summed E-state index contributed by atoms with van der Waals surface area (Å²) in [6, 6.07) is 9.44. The van der Waals surface area contributed by atoms with Gasteiger partial charge in [0.2, 0.25) is 0 Å². The van der Waals surface area contributed by atoms with Gasteiger partial charge >= 0.3 is 0 Å². The third kappa shape index (κ3) is 3.42. The smallest absolute Gasteiger partial charge is 0.127 e. The number of nitrogens with one attached hydrogen (secondary N) is 1. The van der Waals surface area contributed by atoms with Crippen molar-refractivity contribution in [1.29, 1.82) is 0 Å². The molecule has 0 spiro atoms. The van der Waals surface area contributed by atoms with E-state index in [4.69, 9.17) is 4.74 Å². The van der Waals surface area contributed by atoms with Gasteiger partial charge in [0.25, 0.3) is 0 Å². The van der Waals surface area contributed by atoms with E-state index in [0.29, 0.717) is 12.1 Å². The van der Waals surface area contributed by atoms with E-state index in [1.165, 1.54) is 6.07 Å². The largest absolute Gasteiger partial charge is 0.496 e. The average Bonchev–Trinajstić information content (AvgIpc) is 2.46. The highest BCUT2D eigenvalue weighted by molar-refractivity contribution is 5.68. The standard InChI is InChI=1S/C18H22FNO/c1-5-20-11-16-10-14(6-7-17(16)19)15-8-12(2)18(21-4)13(3)9-15/h6-10,20H,5,11H2,1-4H3. The second kappa shape index (κ2) is 6.72. The Hall–Kier alpha value is -1.87. The summed E-state index contributed by atoms with van der Waals surface area (Å²) in [6.07, 6.45) is 0. The first-order valence-corrected chi connectivity index (χ1v) is 7.21. The fourth-order valence-corrected chi connectivity index (χ4v) is 2.59. The summed E-state index contributed by atoms with van der Waals surface area (Å²) < 4.78 is 19.2. The van der Waals surface area contributed by atoms with Gasteiger partial charge in [-0.15, -0.1) is 0 Å². The van der Waals surface area contributed by atoms with Crippen LogP contribution in [0.4, 0.5) is 4.39 Å². The minimum Gasteiger partial charge on any atom is -0.496 e. The molecule has 2 rings (SSSR count). The second-order valence-electron chi connectivity index (χ2n) is 5.23. The fourth-order valence-electron chi connectivity index (χ4n) is 2.59. The number of rotatable bonds is 5. The Morgan fingerprint density at radius 2 is 1.71 bits per heavy atom. The molecule has 0 heterocycles. The molecule has 0 aliphatic rings. The highest BCUT2D eigenvalue weighted by Crippen LogP contribution is 2.30. The molecule has 0 saturated heterocycles. The Morgan fingerprint density at radius 1 is 1.05 bits per heavy atom. The molecule has 0 saturated carbocycles. The summed E-state index contributed by atoms with van der Waals surface area (Å²) in [7, 11) is 1.68. The van der Waals surface area contributed by atoms with Crippen LogP contribution in [0, 0.1) is 19.7 Å². The van der Waals surface area contributed by atoms with Crippen LogP contribution in [0.3, 0.4) is 0 Å². The number of methoxy groups -OCH3 is 1. The van der Waals surface area contributed by atoms with Crippen molar-refractivity contribution in [3.8, 4) is 16.9 Å². The van der Waals surface area contributed by atoms with Gasteiger partial charge in [0, 0.05) is 12.1 Å². The maximum Gasteiger partial charge on any atom is 0.127 e. The molecule has 2 nitrogen and oxygen atoms in total. The third-order valence-corrected chi connectivity index (χ3v) is 3.61. The van der Waals surface area contributed by atoms with Gasteiger partial charge in [0.1, 0.15) is 11.6 Å². The van der Waals surface area contributed by atoms with Crippen LogP contribution in [0.15, 0.2) is 30.3 Å². The van der Waals surface area contributed by atoms with Gasteiger partial charge in [-0.25, -0.2) is 4.39 Å². The molecule has 0 aromatic heterocycles. The number of aryl methyl sites for hydroxylation is 2. The van der Waals surface area contributed by atoms with Gasteiger partial charge in [-0.05, 0) is 66.9 Å². The van der Waals surface area contributed by atoms with Crippen molar-refractivity contribution < 1.29 is 9.13 Å². The summed E-state index contributed by atoms with van der Waals surface area (Å²) in [5.74, 6) is 0.746. The Kier molecular flexibility index (Phi) is 4.97.